The van der Waals surface area contributed by atoms with Crippen LogP contribution in [-0.4, -0.2) is 29.0 Å². The summed E-state index contributed by atoms with van der Waals surface area (Å²) in [4.78, 5) is 0. The van der Waals surface area contributed by atoms with Crippen molar-refractivity contribution in [1.82, 2.24) is 0 Å². The molecule has 1 heterocycles. The first-order chi connectivity index (χ1) is 7.20. The molecule has 1 saturated heterocycles. The minimum Gasteiger partial charge on any atom is -0.394 e. The highest BCUT2D eigenvalue weighted by atomic mass is 19.1. The second kappa shape index (κ2) is 4.26. The van der Waals surface area contributed by atoms with Gasteiger partial charge in [-0.05, 0) is 17.7 Å². The number of aliphatic hydroxyl groups excluding tert-OH is 2. The van der Waals surface area contributed by atoms with Crippen molar-refractivity contribution < 1.29 is 19.3 Å². The highest BCUT2D eigenvalue weighted by Crippen LogP contribution is 2.32. The molecular formula is C11H13FO3. The van der Waals surface area contributed by atoms with Crippen LogP contribution < -0.4 is 0 Å². The average Bonchev–Trinajstić information content (AvgIpc) is 2.61. The van der Waals surface area contributed by atoms with Gasteiger partial charge in [-0.2, -0.15) is 0 Å². The van der Waals surface area contributed by atoms with Crippen LogP contribution in [0.5, 0.6) is 0 Å². The fourth-order valence-corrected chi connectivity index (χ4v) is 1.82. The first kappa shape index (κ1) is 10.5. The zero-order valence-corrected chi connectivity index (χ0v) is 8.14. The molecule has 0 amide bonds. The van der Waals surface area contributed by atoms with Gasteiger partial charge in [0.1, 0.15) is 11.9 Å². The van der Waals surface area contributed by atoms with Crippen LogP contribution in [0.2, 0.25) is 0 Å². The van der Waals surface area contributed by atoms with Gasteiger partial charge < -0.3 is 14.9 Å². The molecule has 0 unspecified atom stereocenters. The smallest absolute Gasteiger partial charge is 0.123 e. The van der Waals surface area contributed by atoms with Gasteiger partial charge in [0.05, 0.1) is 18.8 Å². The number of ether oxygens (including phenoxy) is 1. The summed E-state index contributed by atoms with van der Waals surface area (Å²) in [5, 5.41) is 18.6. The summed E-state index contributed by atoms with van der Waals surface area (Å²) in [7, 11) is 0. The first-order valence-electron chi connectivity index (χ1n) is 4.90. The van der Waals surface area contributed by atoms with Crippen LogP contribution in [0.4, 0.5) is 4.39 Å². The van der Waals surface area contributed by atoms with E-state index in [2.05, 4.69) is 0 Å². The van der Waals surface area contributed by atoms with Gasteiger partial charge in [0.15, 0.2) is 0 Å². The van der Waals surface area contributed by atoms with Crippen LogP contribution in [0.3, 0.4) is 0 Å². The van der Waals surface area contributed by atoms with Crippen LogP contribution in [0.25, 0.3) is 0 Å². The molecule has 0 spiro atoms. The molecule has 4 heteroatoms. The number of benzene rings is 1. The van der Waals surface area contributed by atoms with Crippen LogP contribution in [0, 0.1) is 5.82 Å². The Hall–Kier alpha value is -0.970. The Labute approximate surface area is 87.1 Å². The van der Waals surface area contributed by atoms with Crippen molar-refractivity contribution in [3.8, 4) is 0 Å². The SMILES string of the molecule is OC[C@H]1C[C@@H](O)[C@H](c2ccc(F)cc2)O1. The minimum absolute atomic E-state index is 0.102. The molecule has 2 rings (SSSR count). The monoisotopic (exact) mass is 212 g/mol. The maximum Gasteiger partial charge on any atom is 0.123 e. The molecule has 3 atom stereocenters. The third-order valence-electron chi connectivity index (χ3n) is 2.60. The van der Waals surface area contributed by atoms with E-state index in [1.54, 1.807) is 12.1 Å². The Kier molecular flexibility index (Phi) is 3.00. The molecule has 0 radical (unpaired) electrons. The molecule has 1 aliphatic rings. The molecule has 82 valence electrons. The summed E-state index contributed by atoms with van der Waals surface area (Å²) in [6, 6.07) is 5.83. The molecule has 1 aliphatic heterocycles. The molecule has 2 N–H and O–H groups in total. The zero-order valence-electron chi connectivity index (χ0n) is 8.14. The quantitative estimate of drug-likeness (QED) is 0.769. The van der Waals surface area contributed by atoms with Gasteiger partial charge in [-0.1, -0.05) is 12.1 Å². The Morgan fingerprint density at radius 2 is 2.00 bits per heavy atom. The van der Waals surface area contributed by atoms with Gasteiger partial charge in [0.25, 0.3) is 0 Å². The van der Waals surface area contributed by atoms with Crippen LogP contribution >= 0.6 is 0 Å². The summed E-state index contributed by atoms with van der Waals surface area (Å²) in [6.07, 6.45) is -0.996. The lowest BCUT2D eigenvalue weighted by Gasteiger charge is -2.14. The second-order valence-corrected chi connectivity index (χ2v) is 3.72. The van der Waals surface area contributed by atoms with Gasteiger partial charge in [-0.15, -0.1) is 0 Å². The number of rotatable bonds is 2. The number of hydrogen-bond donors (Lipinski definition) is 2. The molecule has 1 aromatic carbocycles. The van der Waals surface area contributed by atoms with E-state index in [0.29, 0.717) is 6.42 Å². The molecule has 3 nitrogen and oxygen atoms in total. The topological polar surface area (TPSA) is 49.7 Å². The maximum absolute atomic E-state index is 12.7. The van der Waals surface area contributed by atoms with Crippen molar-refractivity contribution in [2.75, 3.05) is 6.61 Å². The van der Waals surface area contributed by atoms with E-state index < -0.39 is 12.2 Å². The average molecular weight is 212 g/mol. The van der Waals surface area contributed by atoms with Crippen molar-refractivity contribution in [2.45, 2.75) is 24.7 Å². The van der Waals surface area contributed by atoms with Crippen LogP contribution in [-0.2, 0) is 4.74 Å². The predicted molar refractivity (Wildman–Crippen MR) is 51.7 cm³/mol. The Balaban J connectivity index is 2.14. The molecule has 1 fully saturated rings. The molecule has 15 heavy (non-hydrogen) atoms. The van der Waals surface area contributed by atoms with Gasteiger partial charge in [0.2, 0.25) is 0 Å². The van der Waals surface area contributed by atoms with E-state index in [-0.39, 0.29) is 18.5 Å². The molecule has 0 saturated carbocycles. The van der Waals surface area contributed by atoms with E-state index in [9.17, 15) is 9.50 Å². The molecule has 0 aromatic heterocycles. The fourth-order valence-electron chi connectivity index (χ4n) is 1.82. The van der Waals surface area contributed by atoms with E-state index in [4.69, 9.17) is 9.84 Å². The van der Waals surface area contributed by atoms with Gasteiger partial charge in [-0.3, -0.25) is 0 Å². The second-order valence-electron chi connectivity index (χ2n) is 3.72. The third kappa shape index (κ3) is 2.17. The summed E-state index contributed by atoms with van der Waals surface area (Å²) in [6.45, 7) is -0.102. The lowest BCUT2D eigenvalue weighted by Crippen LogP contribution is -2.11. The number of halogens is 1. The minimum atomic E-state index is -0.632. The van der Waals surface area contributed by atoms with Crippen molar-refractivity contribution in [1.29, 1.82) is 0 Å². The third-order valence-corrected chi connectivity index (χ3v) is 2.60. The van der Waals surface area contributed by atoms with E-state index in [0.717, 1.165) is 5.56 Å². The first-order valence-corrected chi connectivity index (χ1v) is 4.90. The summed E-state index contributed by atoms with van der Waals surface area (Å²) in [5.74, 6) is -0.315. The number of hydrogen-bond acceptors (Lipinski definition) is 3. The summed E-state index contributed by atoms with van der Waals surface area (Å²) in [5.41, 5.74) is 0.736. The van der Waals surface area contributed by atoms with E-state index in [1.807, 2.05) is 0 Å². The highest BCUT2D eigenvalue weighted by molar-refractivity contribution is 5.20. The van der Waals surface area contributed by atoms with Crippen molar-refractivity contribution in [3.63, 3.8) is 0 Å². The Bertz CT molecular complexity index is 325. The van der Waals surface area contributed by atoms with E-state index >= 15 is 0 Å². The van der Waals surface area contributed by atoms with Gasteiger partial charge >= 0.3 is 0 Å². The van der Waals surface area contributed by atoms with Crippen molar-refractivity contribution in [3.05, 3.63) is 35.6 Å². The van der Waals surface area contributed by atoms with Gasteiger partial charge in [0, 0.05) is 6.42 Å². The fraction of sp³-hybridized carbons (Fsp3) is 0.455. The van der Waals surface area contributed by atoms with Crippen molar-refractivity contribution >= 4 is 0 Å². The molecule has 1 aromatic rings. The summed E-state index contributed by atoms with van der Waals surface area (Å²) >= 11 is 0. The highest BCUT2D eigenvalue weighted by Gasteiger charge is 2.34. The lowest BCUT2D eigenvalue weighted by atomic mass is 10.0. The Morgan fingerprint density at radius 1 is 1.33 bits per heavy atom. The molecule has 0 aliphatic carbocycles. The maximum atomic E-state index is 12.7. The van der Waals surface area contributed by atoms with Crippen LogP contribution in [0.15, 0.2) is 24.3 Å². The predicted octanol–water partition coefficient (Wildman–Crippen LogP) is 1.01. The zero-order chi connectivity index (χ0) is 10.8. The van der Waals surface area contributed by atoms with Crippen molar-refractivity contribution in [2.24, 2.45) is 0 Å². The molecule has 0 bridgehead atoms. The van der Waals surface area contributed by atoms with E-state index in [1.165, 1.54) is 12.1 Å². The molecular weight excluding hydrogens is 199 g/mol. The normalized spacial score (nSPS) is 30.7. The largest absolute Gasteiger partial charge is 0.394 e. The van der Waals surface area contributed by atoms with Gasteiger partial charge in [-0.25, -0.2) is 4.39 Å². The Morgan fingerprint density at radius 3 is 2.53 bits per heavy atom. The standard InChI is InChI=1S/C11H13FO3/c12-8-3-1-7(2-4-8)11-10(14)5-9(6-13)15-11/h1-4,9-11,13-14H,5-6H2/t9-,10-,11+/m1/s1. The summed E-state index contributed by atoms with van der Waals surface area (Å²) < 4.78 is 18.1. The van der Waals surface area contributed by atoms with Crippen LogP contribution in [0.1, 0.15) is 18.1 Å². The lowest BCUT2D eigenvalue weighted by molar-refractivity contribution is -0.0108. The number of aliphatic hydroxyl groups is 2.